The minimum absolute atomic E-state index is 0.0769. The van der Waals surface area contributed by atoms with Crippen molar-refractivity contribution < 1.29 is 4.39 Å². The molecule has 0 aliphatic carbocycles. The normalized spacial score (nSPS) is 26.1. The van der Waals surface area contributed by atoms with E-state index >= 15 is 0 Å². The summed E-state index contributed by atoms with van der Waals surface area (Å²) in [5.74, 6) is 0.994. The van der Waals surface area contributed by atoms with E-state index in [1.807, 2.05) is 11.8 Å². The van der Waals surface area contributed by atoms with Crippen molar-refractivity contribution in [1.82, 2.24) is 0 Å². The first-order chi connectivity index (χ1) is 8.01. The summed E-state index contributed by atoms with van der Waals surface area (Å²) in [7, 11) is 0. The van der Waals surface area contributed by atoms with Crippen LogP contribution in [0.25, 0.3) is 0 Å². The summed E-state index contributed by atoms with van der Waals surface area (Å²) >= 11 is 5.40. The fourth-order valence-electron chi connectivity index (χ4n) is 2.25. The van der Waals surface area contributed by atoms with Gasteiger partial charge in [-0.1, -0.05) is 15.9 Å². The number of nitrogens with two attached hydrogens (primary N) is 1. The third-order valence-corrected chi connectivity index (χ3v) is 5.91. The first-order valence-electron chi connectivity index (χ1n) is 5.85. The van der Waals surface area contributed by atoms with E-state index in [4.69, 9.17) is 5.73 Å². The predicted molar refractivity (Wildman–Crippen MR) is 75.9 cm³/mol. The van der Waals surface area contributed by atoms with Crippen molar-refractivity contribution >= 4 is 27.7 Å². The van der Waals surface area contributed by atoms with Gasteiger partial charge < -0.3 is 5.73 Å². The molecule has 94 valence electrons. The highest BCUT2D eigenvalue weighted by atomic mass is 79.9. The second kappa shape index (κ2) is 5.29. The molecule has 17 heavy (non-hydrogen) atoms. The van der Waals surface area contributed by atoms with Crippen LogP contribution in [0.5, 0.6) is 0 Å². The molecular formula is C13H17BrFNS. The summed E-state index contributed by atoms with van der Waals surface area (Å²) in [4.78, 5) is 0. The van der Waals surface area contributed by atoms with Gasteiger partial charge in [0.2, 0.25) is 0 Å². The van der Waals surface area contributed by atoms with Crippen molar-refractivity contribution in [3.63, 3.8) is 0 Å². The molecular weight excluding hydrogens is 301 g/mol. The molecule has 0 aromatic heterocycles. The minimum atomic E-state index is -0.195. The molecule has 1 aromatic rings. The molecule has 1 aromatic carbocycles. The van der Waals surface area contributed by atoms with Crippen molar-refractivity contribution in [1.29, 1.82) is 0 Å². The topological polar surface area (TPSA) is 26.0 Å². The number of halogens is 2. The molecule has 2 rings (SSSR count). The third kappa shape index (κ3) is 3.04. The van der Waals surface area contributed by atoms with Gasteiger partial charge in [-0.15, -0.1) is 0 Å². The number of thioether (sulfide) groups is 1. The molecule has 0 bridgehead atoms. The van der Waals surface area contributed by atoms with Gasteiger partial charge in [-0.2, -0.15) is 11.8 Å². The Bertz CT molecular complexity index is 404. The lowest BCUT2D eigenvalue weighted by molar-refractivity contribution is 0.481. The summed E-state index contributed by atoms with van der Waals surface area (Å²) < 4.78 is 14.3. The minimum Gasteiger partial charge on any atom is -0.326 e. The molecule has 1 nitrogen and oxygen atoms in total. The smallest absolute Gasteiger partial charge is 0.123 e. The van der Waals surface area contributed by atoms with Crippen LogP contribution in [-0.4, -0.2) is 16.5 Å². The average molecular weight is 318 g/mol. The van der Waals surface area contributed by atoms with Gasteiger partial charge in [0.25, 0.3) is 0 Å². The van der Waals surface area contributed by atoms with E-state index in [0.717, 1.165) is 22.9 Å². The van der Waals surface area contributed by atoms with E-state index in [1.54, 1.807) is 12.1 Å². The van der Waals surface area contributed by atoms with Crippen molar-refractivity contribution in [2.75, 3.05) is 5.75 Å². The second-order valence-corrected chi connectivity index (χ2v) is 7.29. The Morgan fingerprint density at radius 1 is 1.59 bits per heavy atom. The quantitative estimate of drug-likeness (QED) is 0.919. The van der Waals surface area contributed by atoms with Crippen LogP contribution < -0.4 is 5.73 Å². The van der Waals surface area contributed by atoms with Gasteiger partial charge in [0, 0.05) is 15.3 Å². The maximum Gasteiger partial charge on any atom is 0.123 e. The first-order valence-corrected chi connectivity index (χ1v) is 7.62. The zero-order valence-electron chi connectivity index (χ0n) is 9.88. The summed E-state index contributed by atoms with van der Waals surface area (Å²) in [5, 5.41) is 0. The van der Waals surface area contributed by atoms with E-state index in [-0.39, 0.29) is 16.6 Å². The van der Waals surface area contributed by atoms with E-state index in [2.05, 4.69) is 22.9 Å². The highest BCUT2D eigenvalue weighted by molar-refractivity contribution is 9.10. The summed E-state index contributed by atoms with van der Waals surface area (Å²) in [5.41, 5.74) is 7.26. The lowest BCUT2D eigenvalue weighted by Gasteiger charge is -2.30. The first kappa shape index (κ1) is 13.4. The molecule has 1 saturated heterocycles. The highest BCUT2D eigenvalue weighted by Gasteiger charge is 2.35. The van der Waals surface area contributed by atoms with Crippen LogP contribution in [-0.2, 0) is 6.42 Å². The molecule has 0 spiro atoms. The van der Waals surface area contributed by atoms with Crippen molar-refractivity contribution in [3.05, 3.63) is 34.1 Å². The van der Waals surface area contributed by atoms with Gasteiger partial charge in [0.05, 0.1) is 0 Å². The second-order valence-electron chi connectivity index (χ2n) is 4.81. The van der Waals surface area contributed by atoms with E-state index in [1.165, 1.54) is 18.2 Å². The maximum absolute atomic E-state index is 13.2. The molecule has 1 heterocycles. The lowest BCUT2D eigenvalue weighted by atomic mass is 9.91. The molecule has 4 heteroatoms. The van der Waals surface area contributed by atoms with Gasteiger partial charge in [-0.3, -0.25) is 0 Å². The zero-order valence-corrected chi connectivity index (χ0v) is 12.3. The van der Waals surface area contributed by atoms with Gasteiger partial charge in [-0.25, -0.2) is 4.39 Å². The number of hydrogen-bond acceptors (Lipinski definition) is 2. The predicted octanol–water partition coefficient (Wildman–Crippen LogP) is 3.74. The van der Waals surface area contributed by atoms with Gasteiger partial charge in [-0.05, 0) is 55.7 Å². The highest BCUT2D eigenvalue weighted by Crippen LogP contribution is 2.40. The van der Waals surface area contributed by atoms with Crippen LogP contribution in [0, 0.1) is 5.82 Å². The SMILES string of the molecule is CC1(C(N)Cc2cc(F)ccc2Br)CCCS1. The number of hydrogen-bond donors (Lipinski definition) is 1. The van der Waals surface area contributed by atoms with E-state index in [0.29, 0.717) is 0 Å². The van der Waals surface area contributed by atoms with Gasteiger partial charge in [0.1, 0.15) is 5.82 Å². The Morgan fingerprint density at radius 2 is 2.35 bits per heavy atom. The summed E-state index contributed by atoms with van der Waals surface area (Å²) in [6.07, 6.45) is 3.12. The van der Waals surface area contributed by atoms with Crippen molar-refractivity contribution in [2.24, 2.45) is 5.73 Å². The molecule has 2 unspecified atom stereocenters. The Hall–Kier alpha value is -0.0600. The van der Waals surface area contributed by atoms with Crippen LogP contribution >= 0.6 is 27.7 Å². The summed E-state index contributed by atoms with van der Waals surface area (Å²) in [6, 6.07) is 4.87. The maximum atomic E-state index is 13.2. The van der Waals surface area contributed by atoms with Gasteiger partial charge in [0.15, 0.2) is 0 Å². The van der Waals surface area contributed by atoms with Crippen LogP contribution in [0.4, 0.5) is 4.39 Å². The summed E-state index contributed by atoms with van der Waals surface area (Å²) in [6.45, 7) is 2.22. The van der Waals surface area contributed by atoms with Crippen molar-refractivity contribution in [2.45, 2.75) is 37.0 Å². The molecule has 1 aliphatic rings. The van der Waals surface area contributed by atoms with Crippen LogP contribution in [0.3, 0.4) is 0 Å². The standard InChI is InChI=1S/C13H17BrFNS/c1-13(5-2-6-17-13)12(16)8-9-7-10(15)3-4-11(9)14/h3-4,7,12H,2,5-6,8,16H2,1H3. The molecule has 1 fully saturated rings. The average Bonchev–Trinajstić information content (AvgIpc) is 2.72. The molecule has 0 radical (unpaired) electrons. The number of benzene rings is 1. The van der Waals surface area contributed by atoms with E-state index < -0.39 is 0 Å². The van der Waals surface area contributed by atoms with Crippen molar-refractivity contribution in [3.8, 4) is 0 Å². The fourth-order valence-corrected chi connectivity index (χ4v) is 4.00. The Labute approximate surface area is 114 Å². The molecule has 1 aliphatic heterocycles. The lowest BCUT2D eigenvalue weighted by Crippen LogP contribution is -2.42. The zero-order chi connectivity index (χ0) is 12.5. The molecule has 2 N–H and O–H groups in total. The van der Waals surface area contributed by atoms with Crippen LogP contribution in [0.1, 0.15) is 25.3 Å². The largest absolute Gasteiger partial charge is 0.326 e. The molecule has 0 amide bonds. The molecule has 2 atom stereocenters. The Kier molecular flexibility index (Phi) is 4.16. The Balaban J connectivity index is 2.12. The van der Waals surface area contributed by atoms with Crippen LogP contribution in [0.15, 0.2) is 22.7 Å². The van der Waals surface area contributed by atoms with E-state index in [9.17, 15) is 4.39 Å². The van der Waals surface area contributed by atoms with Gasteiger partial charge >= 0.3 is 0 Å². The Morgan fingerprint density at radius 3 is 3.00 bits per heavy atom. The fraction of sp³-hybridized carbons (Fsp3) is 0.538. The molecule has 0 saturated carbocycles. The monoisotopic (exact) mass is 317 g/mol. The third-order valence-electron chi connectivity index (χ3n) is 3.48. The van der Waals surface area contributed by atoms with Crippen LogP contribution in [0.2, 0.25) is 0 Å². The number of rotatable bonds is 3.